The normalized spacial score (nSPS) is 15.9. The first kappa shape index (κ1) is 15.3. The first-order valence-electron chi connectivity index (χ1n) is 6.04. The van der Waals surface area contributed by atoms with Crippen LogP contribution in [-0.2, 0) is 9.59 Å². The minimum Gasteiger partial charge on any atom is -0.373 e. The first-order valence-corrected chi connectivity index (χ1v) is 6.57. The average Bonchev–Trinajstić information content (AvgIpc) is 2.42. The fourth-order valence-corrected chi connectivity index (χ4v) is 1.84. The van der Waals surface area contributed by atoms with Crippen molar-refractivity contribution in [3.05, 3.63) is 11.8 Å². The fourth-order valence-electron chi connectivity index (χ4n) is 1.74. The van der Waals surface area contributed by atoms with Gasteiger partial charge in [0.25, 0.3) is 5.91 Å². The molecule has 0 spiro atoms. The Morgan fingerprint density at radius 2 is 2.00 bits per heavy atom. The molecule has 1 aliphatic rings. The van der Waals surface area contributed by atoms with Crippen molar-refractivity contribution < 1.29 is 9.59 Å². The van der Waals surface area contributed by atoms with Crippen LogP contribution in [0.5, 0.6) is 0 Å². The molecule has 0 radical (unpaired) electrons. The topological polar surface area (TPSA) is 76.4 Å². The van der Waals surface area contributed by atoms with Gasteiger partial charge in [-0.15, -0.1) is 11.6 Å². The molecule has 1 rings (SSSR count). The second-order valence-electron chi connectivity index (χ2n) is 4.14. The van der Waals surface area contributed by atoms with Crippen LogP contribution >= 0.6 is 11.6 Å². The number of halogens is 1. The van der Waals surface area contributed by atoms with E-state index in [1.165, 1.54) is 6.92 Å². The highest BCUT2D eigenvalue weighted by Gasteiger charge is 2.18. The van der Waals surface area contributed by atoms with Gasteiger partial charge in [0.2, 0.25) is 5.91 Å². The lowest BCUT2D eigenvalue weighted by atomic mass is 10.2. The van der Waals surface area contributed by atoms with E-state index < -0.39 is 5.91 Å². The molecule has 0 aromatic heterocycles. The van der Waals surface area contributed by atoms with E-state index in [4.69, 9.17) is 16.9 Å². The zero-order chi connectivity index (χ0) is 14.3. The third-order valence-electron chi connectivity index (χ3n) is 2.82. The molecular weight excluding hydrogens is 268 g/mol. The van der Waals surface area contributed by atoms with E-state index in [2.05, 4.69) is 5.32 Å². The summed E-state index contributed by atoms with van der Waals surface area (Å²) in [5.41, 5.74) is 0.0568. The van der Waals surface area contributed by atoms with Gasteiger partial charge in [-0.2, -0.15) is 5.26 Å². The summed E-state index contributed by atoms with van der Waals surface area (Å²) in [4.78, 5) is 26.4. The van der Waals surface area contributed by atoms with Gasteiger partial charge in [-0.3, -0.25) is 9.59 Å². The number of nitrogens with zero attached hydrogens (tertiary/aromatic N) is 3. The van der Waals surface area contributed by atoms with Crippen LogP contribution in [0, 0.1) is 11.3 Å². The van der Waals surface area contributed by atoms with E-state index in [0.717, 1.165) is 0 Å². The lowest BCUT2D eigenvalue weighted by Gasteiger charge is -2.33. The molecule has 6 nitrogen and oxygen atoms in total. The second-order valence-corrected chi connectivity index (χ2v) is 4.52. The number of carbonyl (C=O) groups is 2. The molecule has 2 amide bonds. The maximum Gasteiger partial charge on any atom is 0.263 e. The number of piperazine rings is 1. The number of rotatable bonds is 4. The van der Waals surface area contributed by atoms with Crippen LogP contribution in [0.4, 0.5) is 0 Å². The molecule has 1 N–H and O–H groups in total. The Hall–Kier alpha value is -1.74. The molecule has 0 aromatic carbocycles. The third kappa shape index (κ3) is 4.79. The number of amides is 2. The zero-order valence-corrected chi connectivity index (χ0v) is 11.6. The van der Waals surface area contributed by atoms with Crippen molar-refractivity contribution in [2.24, 2.45) is 0 Å². The Labute approximate surface area is 117 Å². The van der Waals surface area contributed by atoms with Crippen molar-refractivity contribution in [1.82, 2.24) is 15.1 Å². The minimum absolute atomic E-state index is 0.0454. The number of nitriles is 1. The molecule has 19 heavy (non-hydrogen) atoms. The predicted molar refractivity (Wildman–Crippen MR) is 71.3 cm³/mol. The van der Waals surface area contributed by atoms with Crippen molar-refractivity contribution in [2.45, 2.75) is 6.92 Å². The summed E-state index contributed by atoms with van der Waals surface area (Å²) in [5.74, 6) is -0.0667. The molecule has 1 saturated heterocycles. The van der Waals surface area contributed by atoms with Gasteiger partial charge in [0.05, 0.1) is 0 Å². The summed E-state index contributed by atoms with van der Waals surface area (Å²) in [6.45, 7) is 4.31. The lowest BCUT2D eigenvalue weighted by Crippen LogP contribution is -2.46. The number of hydrogen-bond acceptors (Lipinski definition) is 4. The van der Waals surface area contributed by atoms with Crippen molar-refractivity contribution in [1.29, 1.82) is 5.26 Å². The van der Waals surface area contributed by atoms with Crippen molar-refractivity contribution in [3.63, 3.8) is 0 Å². The highest BCUT2D eigenvalue weighted by molar-refractivity contribution is 6.18. The molecule has 1 fully saturated rings. The standard InChI is InChI=1S/C12H17ClN4O2/c1-10(18)17-6-4-16(5-7-17)9-11(8-14)12(19)15-3-2-13/h9H,2-7H2,1H3,(H,15,19)/b11-9-. The molecule has 0 unspecified atom stereocenters. The summed E-state index contributed by atoms with van der Waals surface area (Å²) in [6, 6.07) is 1.88. The monoisotopic (exact) mass is 284 g/mol. The molecule has 0 aliphatic carbocycles. The number of hydrogen-bond donors (Lipinski definition) is 1. The van der Waals surface area contributed by atoms with Crippen LogP contribution in [0.3, 0.4) is 0 Å². The van der Waals surface area contributed by atoms with E-state index >= 15 is 0 Å². The smallest absolute Gasteiger partial charge is 0.263 e. The molecule has 0 atom stereocenters. The van der Waals surface area contributed by atoms with E-state index in [9.17, 15) is 9.59 Å². The molecule has 7 heteroatoms. The van der Waals surface area contributed by atoms with Crippen LogP contribution in [0.1, 0.15) is 6.92 Å². The Bertz CT molecular complexity index is 408. The zero-order valence-electron chi connectivity index (χ0n) is 10.9. The Kier molecular flexibility index (Phi) is 6.16. The molecule has 1 heterocycles. The van der Waals surface area contributed by atoms with Gasteiger partial charge in [0.15, 0.2) is 0 Å². The van der Waals surface area contributed by atoms with Crippen molar-refractivity contribution >= 4 is 23.4 Å². The number of alkyl halides is 1. The van der Waals surface area contributed by atoms with Crippen LogP contribution in [0.25, 0.3) is 0 Å². The third-order valence-corrected chi connectivity index (χ3v) is 3.01. The van der Waals surface area contributed by atoms with Crippen LogP contribution in [0.15, 0.2) is 11.8 Å². The Balaban J connectivity index is 2.56. The van der Waals surface area contributed by atoms with E-state index in [1.54, 1.807) is 11.1 Å². The minimum atomic E-state index is -0.419. The van der Waals surface area contributed by atoms with Crippen molar-refractivity contribution in [3.8, 4) is 6.07 Å². The molecule has 1 aliphatic heterocycles. The summed E-state index contributed by atoms with van der Waals surface area (Å²) in [7, 11) is 0. The second kappa shape index (κ2) is 7.64. The molecular formula is C12H17ClN4O2. The summed E-state index contributed by atoms with van der Waals surface area (Å²) in [6.07, 6.45) is 1.54. The van der Waals surface area contributed by atoms with E-state index in [1.807, 2.05) is 11.0 Å². The first-order chi connectivity index (χ1) is 9.08. The van der Waals surface area contributed by atoms with Gasteiger partial charge in [-0.1, -0.05) is 0 Å². The van der Waals surface area contributed by atoms with Crippen LogP contribution < -0.4 is 5.32 Å². The van der Waals surface area contributed by atoms with Gasteiger partial charge < -0.3 is 15.1 Å². The van der Waals surface area contributed by atoms with Crippen LogP contribution in [0.2, 0.25) is 0 Å². The maximum atomic E-state index is 11.6. The molecule has 0 aromatic rings. The summed E-state index contributed by atoms with van der Waals surface area (Å²) < 4.78 is 0. The lowest BCUT2D eigenvalue weighted by molar-refractivity contribution is -0.130. The van der Waals surface area contributed by atoms with Gasteiger partial charge >= 0.3 is 0 Å². The molecule has 0 saturated carbocycles. The average molecular weight is 285 g/mol. The fraction of sp³-hybridized carbons (Fsp3) is 0.583. The largest absolute Gasteiger partial charge is 0.373 e. The highest BCUT2D eigenvalue weighted by atomic mass is 35.5. The Morgan fingerprint density at radius 3 is 2.47 bits per heavy atom. The van der Waals surface area contributed by atoms with Gasteiger partial charge in [0.1, 0.15) is 11.6 Å². The quantitative estimate of drug-likeness (QED) is 0.445. The molecule has 0 bridgehead atoms. The number of nitrogens with one attached hydrogen (secondary N) is 1. The summed E-state index contributed by atoms with van der Waals surface area (Å²) in [5, 5.41) is 11.5. The maximum absolute atomic E-state index is 11.6. The van der Waals surface area contributed by atoms with Gasteiger partial charge in [-0.25, -0.2) is 0 Å². The van der Waals surface area contributed by atoms with E-state index in [-0.39, 0.29) is 11.5 Å². The van der Waals surface area contributed by atoms with Gasteiger partial charge in [-0.05, 0) is 0 Å². The predicted octanol–water partition coefficient (Wildman–Crippen LogP) is -0.0870. The summed E-state index contributed by atoms with van der Waals surface area (Å²) >= 11 is 5.47. The molecule has 104 valence electrons. The van der Waals surface area contributed by atoms with Gasteiger partial charge in [0, 0.05) is 51.7 Å². The van der Waals surface area contributed by atoms with Crippen molar-refractivity contribution in [2.75, 3.05) is 38.6 Å². The number of carbonyl (C=O) groups excluding carboxylic acids is 2. The Morgan fingerprint density at radius 1 is 1.37 bits per heavy atom. The van der Waals surface area contributed by atoms with E-state index in [0.29, 0.717) is 38.6 Å². The highest BCUT2D eigenvalue weighted by Crippen LogP contribution is 2.05. The SMILES string of the molecule is CC(=O)N1CCN(/C=C(/C#N)C(=O)NCCCl)CC1. The van der Waals surface area contributed by atoms with Crippen LogP contribution in [-0.4, -0.2) is 60.2 Å².